The molecule has 76 valence electrons. The van der Waals surface area contributed by atoms with Crippen LogP contribution in [-0.4, -0.2) is 5.71 Å². The SMILES string of the molecule is CCCc1cc(CC)ccc1C(C)=N. The van der Waals surface area contributed by atoms with E-state index in [9.17, 15) is 0 Å². The van der Waals surface area contributed by atoms with Crippen molar-refractivity contribution in [2.45, 2.75) is 40.0 Å². The number of benzene rings is 1. The second-order valence-corrected chi connectivity index (χ2v) is 3.72. The minimum atomic E-state index is 0.677. The quantitative estimate of drug-likeness (QED) is 0.700. The molecular formula is C13H19N. The van der Waals surface area contributed by atoms with Crippen LogP contribution in [0.4, 0.5) is 0 Å². The maximum absolute atomic E-state index is 7.68. The number of aryl methyl sites for hydroxylation is 2. The van der Waals surface area contributed by atoms with Gasteiger partial charge in [-0.3, -0.25) is 0 Å². The fourth-order valence-corrected chi connectivity index (χ4v) is 1.71. The third kappa shape index (κ3) is 2.44. The van der Waals surface area contributed by atoms with Crippen molar-refractivity contribution in [3.8, 4) is 0 Å². The van der Waals surface area contributed by atoms with Crippen LogP contribution in [0, 0.1) is 5.41 Å². The third-order valence-electron chi connectivity index (χ3n) is 2.50. The lowest BCUT2D eigenvalue weighted by Crippen LogP contribution is -2.00. The molecule has 0 bridgehead atoms. The largest absolute Gasteiger partial charge is 0.305 e. The molecule has 0 saturated heterocycles. The molecule has 0 aliphatic heterocycles. The molecule has 1 rings (SSSR count). The molecule has 0 fully saturated rings. The number of rotatable bonds is 4. The Bertz CT molecular complexity index is 326. The molecule has 0 radical (unpaired) electrons. The van der Waals surface area contributed by atoms with E-state index >= 15 is 0 Å². The van der Waals surface area contributed by atoms with E-state index in [0.29, 0.717) is 5.71 Å². The molecule has 0 amide bonds. The first-order chi connectivity index (χ1) is 6.69. The van der Waals surface area contributed by atoms with Gasteiger partial charge in [0, 0.05) is 5.71 Å². The van der Waals surface area contributed by atoms with E-state index in [0.717, 1.165) is 24.8 Å². The van der Waals surface area contributed by atoms with Crippen molar-refractivity contribution in [2.75, 3.05) is 0 Å². The summed E-state index contributed by atoms with van der Waals surface area (Å²) in [5, 5.41) is 7.68. The molecule has 0 heterocycles. The van der Waals surface area contributed by atoms with E-state index in [1.54, 1.807) is 0 Å². The van der Waals surface area contributed by atoms with E-state index in [1.807, 2.05) is 6.92 Å². The van der Waals surface area contributed by atoms with Gasteiger partial charge >= 0.3 is 0 Å². The predicted molar refractivity (Wildman–Crippen MR) is 62.3 cm³/mol. The molecular weight excluding hydrogens is 170 g/mol. The van der Waals surface area contributed by atoms with Crippen LogP contribution in [0.1, 0.15) is 43.9 Å². The lowest BCUT2D eigenvalue weighted by Gasteiger charge is -2.09. The minimum absolute atomic E-state index is 0.677. The Hall–Kier alpha value is -1.11. The van der Waals surface area contributed by atoms with Crippen molar-refractivity contribution in [1.82, 2.24) is 0 Å². The number of hydrogen-bond acceptors (Lipinski definition) is 1. The van der Waals surface area contributed by atoms with Crippen LogP contribution in [-0.2, 0) is 12.8 Å². The van der Waals surface area contributed by atoms with Gasteiger partial charge in [0.2, 0.25) is 0 Å². The third-order valence-corrected chi connectivity index (χ3v) is 2.50. The summed E-state index contributed by atoms with van der Waals surface area (Å²) in [6.45, 7) is 6.21. The summed E-state index contributed by atoms with van der Waals surface area (Å²) in [4.78, 5) is 0. The zero-order valence-corrected chi connectivity index (χ0v) is 9.35. The summed E-state index contributed by atoms with van der Waals surface area (Å²) < 4.78 is 0. The Kier molecular flexibility index (Phi) is 3.87. The molecule has 1 nitrogen and oxygen atoms in total. The van der Waals surface area contributed by atoms with Crippen LogP contribution < -0.4 is 0 Å². The first kappa shape index (κ1) is 11.0. The van der Waals surface area contributed by atoms with Crippen molar-refractivity contribution in [1.29, 1.82) is 5.41 Å². The average Bonchev–Trinajstić information content (AvgIpc) is 2.17. The Morgan fingerprint density at radius 3 is 2.50 bits per heavy atom. The summed E-state index contributed by atoms with van der Waals surface area (Å²) in [6, 6.07) is 6.47. The van der Waals surface area contributed by atoms with E-state index in [-0.39, 0.29) is 0 Å². The highest BCUT2D eigenvalue weighted by Gasteiger charge is 2.04. The standard InChI is InChI=1S/C13H19N/c1-4-6-12-9-11(5-2)7-8-13(12)10(3)14/h7-9,14H,4-6H2,1-3H3. The Morgan fingerprint density at radius 2 is 2.00 bits per heavy atom. The highest BCUT2D eigenvalue weighted by atomic mass is 14.4. The van der Waals surface area contributed by atoms with Gasteiger partial charge in [-0.05, 0) is 36.5 Å². The van der Waals surface area contributed by atoms with Crippen molar-refractivity contribution >= 4 is 5.71 Å². The second kappa shape index (κ2) is 4.94. The average molecular weight is 189 g/mol. The highest BCUT2D eigenvalue weighted by Crippen LogP contribution is 2.15. The molecule has 0 unspecified atom stereocenters. The van der Waals surface area contributed by atoms with Gasteiger partial charge in [-0.15, -0.1) is 0 Å². The molecule has 0 atom stereocenters. The van der Waals surface area contributed by atoms with Gasteiger partial charge in [0.05, 0.1) is 0 Å². The second-order valence-electron chi connectivity index (χ2n) is 3.72. The first-order valence-corrected chi connectivity index (χ1v) is 5.36. The molecule has 0 aliphatic carbocycles. The zero-order valence-electron chi connectivity index (χ0n) is 9.35. The first-order valence-electron chi connectivity index (χ1n) is 5.36. The summed E-state index contributed by atoms with van der Waals surface area (Å²) in [5.41, 5.74) is 4.50. The molecule has 0 saturated carbocycles. The van der Waals surface area contributed by atoms with Gasteiger partial charge in [0.15, 0.2) is 0 Å². The molecule has 1 aromatic carbocycles. The maximum Gasteiger partial charge on any atom is 0.0357 e. The minimum Gasteiger partial charge on any atom is -0.305 e. The van der Waals surface area contributed by atoms with Gasteiger partial charge in [-0.1, -0.05) is 38.5 Å². The monoisotopic (exact) mass is 189 g/mol. The van der Waals surface area contributed by atoms with Crippen molar-refractivity contribution < 1.29 is 0 Å². The number of nitrogens with one attached hydrogen (secondary N) is 1. The van der Waals surface area contributed by atoms with E-state index in [1.165, 1.54) is 11.1 Å². The Balaban J connectivity index is 3.10. The van der Waals surface area contributed by atoms with E-state index < -0.39 is 0 Å². The van der Waals surface area contributed by atoms with Gasteiger partial charge < -0.3 is 5.41 Å². The smallest absolute Gasteiger partial charge is 0.0357 e. The van der Waals surface area contributed by atoms with Crippen LogP contribution in [0.5, 0.6) is 0 Å². The highest BCUT2D eigenvalue weighted by molar-refractivity contribution is 5.97. The van der Waals surface area contributed by atoms with Crippen LogP contribution in [0.15, 0.2) is 18.2 Å². The predicted octanol–water partition coefficient (Wildman–Crippen LogP) is 3.59. The van der Waals surface area contributed by atoms with Crippen LogP contribution >= 0.6 is 0 Å². The Morgan fingerprint density at radius 1 is 1.29 bits per heavy atom. The lowest BCUT2D eigenvalue weighted by molar-refractivity contribution is 0.914. The van der Waals surface area contributed by atoms with Gasteiger partial charge in [0.25, 0.3) is 0 Å². The summed E-state index contributed by atoms with van der Waals surface area (Å²) in [7, 11) is 0. The van der Waals surface area contributed by atoms with Crippen molar-refractivity contribution in [3.05, 3.63) is 34.9 Å². The summed E-state index contributed by atoms with van der Waals surface area (Å²) in [6.07, 6.45) is 3.31. The van der Waals surface area contributed by atoms with Gasteiger partial charge in [-0.25, -0.2) is 0 Å². The van der Waals surface area contributed by atoms with Crippen molar-refractivity contribution in [3.63, 3.8) is 0 Å². The van der Waals surface area contributed by atoms with Gasteiger partial charge in [-0.2, -0.15) is 0 Å². The molecule has 1 aromatic rings. The van der Waals surface area contributed by atoms with Crippen molar-refractivity contribution in [2.24, 2.45) is 0 Å². The molecule has 0 spiro atoms. The van der Waals surface area contributed by atoms with E-state index in [2.05, 4.69) is 32.0 Å². The molecule has 0 aromatic heterocycles. The number of hydrogen-bond donors (Lipinski definition) is 1. The van der Waals surface area contributed by atoms with Crippen LogP contribution in [0.3, 0.4) is 0 Å². The topological polar surface area (TPSA) is 23.9 Å². The van der Waals surface area contributed by atoms with Gasteiger partial charge in [0.1, 0.15) is 0 Å². The maximum atomic E-state index is 7.68. The van der Waals surface area contributed by atoms with E-state index in [4.69, 9.17) is 5.41 Å². The van der Waals surface area contributed by atoms with Crippen LogP contribution in [0.25, 0.3) is 0 Å². The lowest BCUT2D eigenvalue weighted by atomic mass is 9.97. The normalized spacial score (nSPS) is 10.2. The Labute approximate surface area is 86.7 Å². The molecule has 0 aliphatic rings. The van der Waals surface area contributed by atoms with Crippen LogP contribution in [0.2, 0.25) is 0 Å². The zero-order chi connectivity index (χ0) is 10.6. The molecule has 1 heteroatoms. The summed E-state index contributed by atoms with van der Waals surface area (Å²) >= 11 is 0. The summed E-state index contributed by atoms with van der Waals surface area (Å²) in [5.74, 6) is 0. The molecule has 14 heavy (non-hydrogen) atoms. The fourth-order valence-electron chi connectivity index (χ4n) is 1.71. The molecule has 1 N–H and O–H groups in total. The fraction of sp³-hybridized carbons (Fsp3) is 0.462.